The van der Waals surface area contributed by atoms with Gasteiger partial charge in [0.05, 0.1) is 11.7 Å². The summed E-state index contributed by atoms with van der Waals surface area (Å²) in [5.41, 5.74) is 1.17. The first-order valence-electron chi connectivity index (χ1n) is 6.43. The lowest BCUT2D eigenvalue weighted by atomic mass is 9.97. The van der Waals surface area contributed by atoms with Crippen LogP contribution >= 0.6 is 0 Å². The van der Waals surface area contributed by atoms with Gasteiger partial charge < -0.3 is 5.32 Å². The fourth-order valence-corrected chi connectivity index (χ4v) is 2.68. The van der Waals surface area contributed by atoms with Crippen molar-refractivity contribution in [1.82, 2.24) is 20.2 Å². The highest BCUT2D eigenvalue weighted by Crippen LogP contribution is 2.34. The van der Waals surface area contributed by atoms with Crippen LogP contribution in [0.15, 0.2) is 12.3 Å². The summed E-state index contributed by atoms with van der Waals surface area (Å²) >= 11 is 0. The molecule has 0 radical (unpaired) electrons. The molecule has 2 atom stereocenters. The summed E-state index contributed by atoms with van der Waals surface area (Å²) in [4.78, 5) is 11.2. The molecule has 2 heterocycles. The van der Waals surface area contributed by atoms with Crippen LogP contribution in [0.2, 0.25) is 0 Å². The third-order valence-corrected chi connectivity index (χ3v) is 3.53. The largest absolute Gasteiger partial charge is 0.317 e. The van der Waals surface area contributed by atoms with Gasteiger partial charge >= 0.3 is 0 Å². The predicted molar refractivity (Wildman–Crippen MR) is 68.8 cm³/mol. The summed E-state index contributed by atoms with van der Waals surface area (Å²) in [6.45, 7) is 7.38. The molecule has 2 unspecified atom stereocenters. The Morgan fingerprint density at radius 1 is 1.53 bits per heavy atom. The fourth-order valence-electron chi connectivity index (χ4n) is 2.68. The van der Waals surface area contributed by atoms with Crippen LogP contribution in [0.25, 0.3) is 0 Å². The summed E-state index contributed by atoms with van der Waals surface area (Å²) in [6, 6.07) is 2.49. The standard InChI is InChI=1S/C13H22N4/c1-4-14-9-11-6-8-17(3)13(11)12-5-7-15-10(2)16-12/h5,7,11,13-14H,4,6,8-9H2,1-3H3. The second-order valence-electron chi connectivity index (χ2n) is 4.81. The Bertz CT molecular complexity index is 366. The lowest BCUT2D eigenvalue weighted by Gasteiger charge is -2.24. The molecule has 17 heavy (non-hydrogen) atoms. The second-order valence-corrected chi connectivity index (χ2v) is 4.81. The van der Waals surface area contributed by atoms with Crippen LogP contribution in [0.5, 0.6) is 0 Å². The molecule has 0 saturated carbocycles. The van der Waals surface area contributed by atoms with E-state index in [1.807, 2.05) is 13.1 Å². The molecule has 0 spiro atoms. The molecule has 1 aliphatic rings. The van der Waals surface area contributed by atoms with E-state index in [2.05, 4.69) is 40.2 Å². The van der Waals surface area contributed by atoms with Gasteiger partial charge in [-0.15, -0.1) is 0 Å². The molecule has 1 N–H and O–H groups in total. The van der Waals surface area contributed by atoms with Crippen molar-refractivity contribution >= 4 is 0 Å². The summed E-state index contributed by atoms with van der Waals surface area (Å²) < 4.78 is 0. The van der Waals surface area contributed by atoms with Crippen molar-refractivity contribution in [2.45, 2.75) is 26.3 Å². The highest BCUT2D eigenvalue weighted by atomic mass is 15.2. The minimum atomic E-state index is 0.441. The van der Waals surface area contributed by atoms with E-state index in [1.54, 1.807) is 0 Å². The SMILES string of the molecule is CCNCC1CCN(C)C1c1ccnc(C)n1. The van der Waals surface area contributed by atoms with E-state index < -0.39 is 0 Å². The Morgan fingerprint density at radius 2 is 2.35 bits per heavy atom. The lowest BCUT2D eigenvalue weighted by Crippen LogP contribution is -2.29. The zero-order chi connectivity index (χ0) is 12.3. The van der Waals surface area contributed by atoms with Gasteiger partial charge in [-0.2, -0.15) is 0 Å². The quantitative estimate of drug-likeness (QED) is 0.854. The molecule has 0 amide bonds. The van der Waals surface area contributed by atoms with Crippen molar-refractivity contribution in [2.24, 2.45) is 5.92 Å². The number of likely N-dealkylation sites (tertiary alicyclic amines) is 1. The molecule has 1 fully saturated rings. The average Bonchev–Trinajstić information content (AvgIpc) is 2.68. The van der Waals surface area contributed by atoms with Crippen molar-refractivity contribution < 1.29 is 0 Å². The number of hydrogen-bond donors (Lipinski definition) is 1. The lowest BCUT2D eigenvalue weighted by molar-refractivity contribution is 0.266. The van der Waals surface area contributed by atoms with Gasteiger partial charge in [-0.1, -0.05) is 6.92 Å². The maximum absolute atomic E-state index is 4.58. The Kier molecular flexibility index (Phi) is 4.07. The highest BCUT2D eigenvalue weighted by molar-refractivity contribution is 5.11. The molecule has 4 nitrogen and oxygen atoms in total. The van der Waals surface area contributed by atoms with Gasteiger partial charge in [-0.25, -0.2) is 9.97 Å². The Balaban J connectivity index is 2.15. The van der Waals surface area contributed by atoms with Gasteiger partial charge in [0.15, 0.2) is 0 Å². The molecule has 1 saturated heterocycles. The summed E-state index contributed by atoms with van der Waals surface area (Å²) in [5.74, 6) is 1.53. The van der Waals surface area contributed by atoms with Crippen LogP contribution < -0.4 is 5.32 Å². The summed E-state index contributed by atoms with van der Waals surface area (Å²) in [5, 5.41) is 3.46. The average molecular weight is 234 g/mol. The van der Waals surface area contributed by atoms with E-state index >= 15 is 0 Å². The van der Waals surface area contributed by atoms with Crippen molar-refractivity contribution in [2.75, 3.05) is 26.7 Å². The van der Waals surface area contributed by atoms with Crippen LogP contribution in [0, 0.1) is 12.8 Å². The molecular formula is C13H22N4. The van der Waals surface area contributed by atoms with Crippen LogP contribution in [0.3, 0.4) is 0 Å². The van der Waals surface area contributed by atoms with Crippen molar-refractivity contribution in [1.29, 1.82) is 0 Å². The van der Waals surface area contributed by atoms with Crippen LogP contribution in [0.4, 0.5) is 0 Å². The monoisotopic (exact) mass is 234 g/mol. The molecular weight excluding hydrogens is 212 g/mol. The molecule has 1 aromatic heterocycles. The fraction of sp³-hybridized carbons (Fsp3) is 0.692. The van der Waals surface area contributed by atoms with Gasteiger partial charge in [-0.3, -0.25) is 4.90 Å². The van der Waals surface area contributed by atoms with E-state index in [4.69, 9.17) is 0 Å². The zero-order valence-corrected chi connectivity index (χ0v) is 11.0. The second kappa shape index (κ2) is 5.56. The van der Waals surface area contributed by atoms with Crippen LogP contribution in [0.1, 0.15) is 30.9 Å². The number of aromatic nitrogens is 2. The number of hydrogen-bond acceptors (Lipinski definition) is 4. The molecule has 94 valence electrons. The third-order valence-electron chi connectivity index (χ3n) is 3.53. The normalized spacial score (nSPS) is 25.4. The van der Waals surface area contributed by atoms with Gasteiger partial charge in [-0.05, 0) is 52.0 Å². The predicted octanol–water partition coefficient (Wildman–Crippen LogP) is 1.39. The minimum Gasteiger partial charge on any atom is -0.317 e. The molecule has 0 bridgehead atoms. The molecule has 0 aromatic carbocycles. The molecule has 2 rings (SSSR count). The highest BCUT2D eigenvalue weighted by Gasteiger charge is 2.33. The smallest absolute Gasteiger partial charge is 0.125 e. The van der Waals surface area contributed by atoms with E-state index in [9.17, 15) is 0 Å². The van der Waals surface area contributed by atoms with Gasteiger partial charge in [0.1, 0.15) is 5.82 Å². The molecule has 0 aliphatic carbocycles. The van der Waals surface area contributed by atoms with E-state index in [-0.39, 0.29) is 0 Å². The van der Waals surface area contributed by atoms with E-state index in [1.165, 1.54) is 12.1 Å². The van der Waals surface area contributed by atoms with Crippen LogP contribution in [-0.2, 0) is 0 Å². The zero-order valence-electron chi connectivity index (χ0n) is 11.0. The number of rotatable bonds is 4. The topological polar surface area (TPSA) is 41.0 Å². The third kappa shape index (κ3) is 2.82. The first-order chi connectivity index (χ1) is 8.22. The molecule has 1 aromatic rings. The Morgan fingerprint density at radius 3 is 3.06 bits per heavy atom. The maximum Gasteiger partial charge on any atom is 0.125 e. The summed E-state index contributed by atoms with van der Waals surface area (Å²) in [7, 11) is 2.19. The maximum atomic E-state index is 4.58. The Labute approximate surface area is 103 Å². The van der Waals surface area contributed by atoms with Gasteiger partial charge in [0.2, 0.25) is 0 Å². The molecule has 4 heteroatoms. The van der Waals surface area contributed by atoms with E-state index in [0.717, 1.165) is 25.5 Å². The van der Waals surface area contributed by atoms with Crippen molar-refractivity contribution in [3.05, 3.63) is 23.8 Å². The first-order valence-corrected chi connectivity index (χ1v) is 6.43. The van der Waals surface area contributed by atoms with Crippen molar-refractivity contribution in [3.8, 4) is 0 Å². The number of nitrogens with zero attached hydrogens (tertiary/aromatic N) is 3. The number of nitrogens with one attached hydrogen (secondary N) is 1. The molecule has 1 aliphatic heterocycles. The Hall–Kier alpha value is -1.00. The first kappa shape index (κ1) is 12.5. The van der Waals surface area contributed by atoms with E-state index in [0.29, 0.717) is 12.0 Å². The van der Waals surface area contributed by atoms with Gasteiger partial charge in [0.25, 0.3) is 0 Å². The van der Waals surface area contributed by atoms with Gasteiger partial charge in [0, 0.05) is 6.20 Å². The number of aryl methyl sites for hydroxylation is 1. The minimum absolute atomic E-state index is 0.441. The summed E-state index contributed by atoms with van der Waals surface area (Å²) in [6.07, 6.45) is 3.12. The van der Waals surface area contributed by atoms with Crippen molar-refractivity contribution in [3.63, 3.8) is 0 Å². The van der Waals surface area contributed by atoms with Crippen LogP contribution in [-0.4, -0.2) is 41.5 Å².